The first-order valence-electron chi connectivity index (χ1n) is 4.66. The fraction of sp³-hybridized carbons (Fsp3) is 0.778. The van der Waals surface area contributed by atoms with Crippen LogP contribution in [0.2, 0.25) is 6.32 Å². The molecule has 0 aromatic heterocycles. The summed E-state index contributed by atoms with van der Waals surface area (Å²) in [5.74, 6) is 0. The van der Waals surface area contributed by atoms with Crippen molar-refractivity contribution in [3.63, 3.8) is 0 Å². The Bertz CT molecular complexity index is 124. The van der Waals surface area contributed by atoms with Crippen molar-refractivity contribution in [1.29, 1.82) is 0 Å². The van der Waals surface area contributed by atoms with Crippen molar-refractivity contribution in [2.45, 2.75) is 44.8 Å². The molecule has 54 valence electrons. The van der Waals surface area contributed by atoms with Gasteiger partial charge in [-0.2, -0.15) is 0 Å². The predicted octanol–water partition coefficient (Wildman–Crippen LogP) is 2.46. The van der Waals surface area contributed by atoms with E-state index in [0.29, 0.717) is 0 Å². The van der Waals surface area contributed by atoms with Crippen LogP contribution < -0.4 is 0 Å². The number of rotatable bonds is 0. The lowest BCUT2D eigenvalue weighted by Crippen LogP contribution is -2.10. The first-order valence-corrected chi connectivity index (χ1v) is 4.66. The lowest BCUT2D eigenvalue weighted by atomic mass is 9.56. The zero-order chi connectivity index (χ0) is 6.81. The molecule has 10 heavy (non-hydrogen) atoms. The van der Waals surface area contributed by atoms with E-state index in [0.717, 1.165) is 0 Å². The number of allylic oxidation sites excluding steroid dienone is 2. The Morgan fingerprint density at radius 1 is 0.900 bits per heavy atom. The predicted molar refractivity (Wildman–Crippen MR) is 46.7 cm³/mol. The van der Waals surface area contributed by atoms with Gasteiger partial charge in [0.25, 0.3) is 0 Å². The lowest BCUT2D eigenvalue weighted by molar-refractivity contribution is 0.650. The molecule has 0 saturated heterocycles. The molecule has 0 amide bonds. The van der Waals surface area contributed by atoms with Crippen molar-refractivity contribution in [2.24, 2.45) is 0 Å². The Hall–Kier alpha value is -0.195. The molecule has 0 fully saturated rings. The highest BCUT2D eigenvalue weighted by Crippen LogP contribution is 2.31. The van der Waals surface area contributed by atoms with Crippen LogP contribution in [0.15, 0.2) is 11.0 Å². The van der Waals surface area contributed by atoms with Gasteiger partial charge in [-0.1, -0.05) is 24.7 Å². The summed E-state index contributed by atoms with van der Waals surface area (Å²) in [4.78, 5) is 0. The maximum atomic E-state index is 1.84. The summed E-state index contributed by atoms with van der Waals surface area (Å²) < 4.78 is 0. The molecule has 0 aromatic carbocycles. The molecule has 0 aromatic rings. The standard InChI is InChI=1S/C9H15B/c1-2-6-9-8(4-1)5-3-7-10-9/h10H,1-7H2. The van der Waals surface area contributed by atoms with Crippen LogP contribution in [0.3, 0.4) is 0 Å². The van der Waals surface area contributed by atoms with Crippen molar-refractivity contribution in [2.75, 3.05) is 0 Å². The largest absolute Gasteiger partial charge is 0.152 e. The maximum Gasteiger partial charge on any atom is 0.152 e. The topological polar surface area (TPSA) is 0 Å². The highest BCUT2D eigenvalue weighted by atomic mass is 14.1. The molecule has 2 aliphatic rings. The van der Waals surface area contributed by atoms with E-state index >= 15 is 0 Å². The Kier molecular flexibility index (Phi) is 1.83. The van der Waals surface area contributed by atoms with Gasteiger partial charge in [-0.05, 0) is 25.7 Å². The van der Waals surface area contributed by atoms with Crippen LogP contribution in [0.4, 0.5) is 0 Å². The van der Waals surface area contributed by atoms with Crippen LogP contribution in [0, 0.1) is 0 Å². The Morgan fingerprint density at radius 3 is 2.60 bits per heavy atom. The second kappa shape index (κ2) is 2.81. The van der Waals surface area contributed by atoms with Crippen molar-refractivity contribution in [3.8, 4) is 0 Å². The highest BCUT2D eigenvalue weighted by Gasteiger charge is 2.15. The minimum atomic E-state index is 1.44. The molecular weight excluding hydrogens is 119 g/mol. The SMILES string of the molecule is B1CCCC2=C1CCCC2. The van der Waals surface area contributed by atoms with Gasteiger partial charge in [0.1, 0.15) is 0 Å². The van der Waals surface area contributed by atoms with E-state index in [2.05, 4.69) is 0 Å². The first-order chi connectivity index (χ1) is 4.97. The first kappa shape index (κ1) is 6.51. The summed E-state index contributed by atoms with van der Waals surface area (Å²) in [5, 5.41) is 0. The highest BCUT2D eigenvalue weighted by molar-refractivity contribution is 6.45. The molecule has 1 aliphatic heterocycles. The molecule has 0 N–H and O–H groups in total. The molecule has 0 radical (unpaired) electrons. The molecule has 0 nitrogen and oxygen atoms in total. The molecule has 0 atom stereocenters. The summed E-state index contributed by atoms with van der Waals surface area (Å²) in [6, 6.07) is 0. The van der Waals surface area contributed by atoms with E-state index in [9.17, 15) is 0 Å². The maximum absolute atomic E-state index is 1.84. The molecular formula is C9H15B. The van der Waals surface area contributed by atoms with Crippen LogP contribution in [-0.2, 0) is 0 Å². The average molecular weight is 134 g/mol. The normalized spacial score (nSPS) is 25.6. The Labute approximate surface area is 63.9 Å². The van der Waals surface area contributed by atoms with Crippen LogP contribution in [0.1, 0.15) is 38.5 Å². The van der Waals surface area contributed by atoms with Crippen LogP contribution in [0.25, 0.3) is 0 Å². The quantitative estimate of drug-likeness (QED) is 0.446. The second-order valence-corrected chi connectivity index (χ2v) is 3.62. The average Bonchev–Trinajstić information content (AvgIpc) is 2.05. The second-order valence-electron chi connectivity index (χ2n) is 3.62. The van der Waals surface area contributed by atoms with Crippen LogP contribution in [-0.4, -0.2) is 7.28 Å². The van der Waals surface area contributed by atoms with Gasteiger partial charge >= 0.3 is 0 Å². The third-order valence-corrected chi connectivity index (χ3v) is 2.91. The van der Waals surface area contributed by atoms with Gasteiger partial charge in [-0.15, -0.1) is 5.47 Å². The molecule has 0 unspecified atom stereocenters. The van der Waals surface area contributed by atoms with Gasteiger partial charge in [0.2, 0.25) is 0 Å². The molecule has 0 spiro atoms. The third-order valence-electron chi connectivity index (χ3n) is 2.91. The van der Waals surface area contributed by atoms with Gasteiger partial charge in [0.05, 0.1) is 0 Å². The summed E-state index contributed by atoms with van der Waals surface area (Å²) in [6.45, 7) is 0. The smallest absolute Gasteiger partial charge is 0.106 e. The van der Waals surface area contributed by atoms with Crippen molar-refractivity contribution in [1.82, 2.24) is 0 Å². The summed E-state index contributed by atoms with van der Waals surface area (Å²) in [5.41, 5.74) is 3.69. The molecule has 0 saturated carbocycles. The van der Waals surface area contributed by atoms with Gasteiger partial charge < -0.3 is 0 Å². The van der Waals surface area contributed by atoms with E-state index in [-0.39, 0.29) is 0 Å². The molecule has 1 heteroatoms. The fourth-order valence-corrected chi connectivity index (χ4v) is 2.31. The van der Waals surface area contributed by atoms with E-state index < -0.39 is 0 Å². The Balaban J connectivity index is 2.14. The zero-order valence-electron chi connectivity index (χ0n) is 6.66. The summed E-state index contributed by atoms with van der Waals surface area (Å²) >= 11 is 0. The van der Waals surface area contributed by atoms with E-state index in [1.165, 1.54) is 52.1 Å². The van der Waals surface area contributed by atoms with E-state index in [1.54, 1.807) is 0 Å². The minimum absolute atomic E-state index is 1.44. The zero-order valence-corrected chi connectivity index (χ0v) is 6.66. The monoisotopic (exact) mass is 134 g/mol. The van der Waals surface area contributed by atoms with Gasteiger partial charge in [-0.25, -0.2) is 0 Å². The lowest BCUT2D eigenvalue weighted by Gasteiger charge is -2.23. The number of hydrogen-bond donors (Lipinski definition) is 0. The fourth-order valence-electron chi connectivity index (χ4n) is 2.31. The number of hydrogen-bond acceptors (Lipinski definition) is 0. The third kappa shape index (κ3) is 1.14. The van der Waals surface area contributed by atoms with Crippen LogP contribution >= 0.6 is 0 Å². The van der Waals surface area contributed by atoms with E-state index in [4.69, 9.17) is 0 Å². The van der Waals surface area contributed by atoms with Crippen molar-refractivity contribution < 1.29 is 0 Å². The van der Waals surface area contributed by atoms with E-state index in [1.807, 2.05) is 11.0 Å². The van der Waals surface area contributed by atoms with Gasteiger partial charge in [-0.3, -0.25) is 0 Å². The molecule has 1 aliphatic carbocycles. The van der Waals surface area contributed by atoms with Gasteiger partial charge in [0.15, 0.2) is 7.28 Å². The van der Waals surface area contributed by atoms with Crippen molar-refractivity contribution >= 4 is 7.28 Å². The molecule has 1 heterocycles. The molecule has 2 rings (SSSR count). The van der Waals surface area contributed by atoms with Crippen molar-refractivity contribution in [3.05, 3.63) is 11.0 Å². The summed E-state index contributed by atoms with van der Waals surface area (Å²) in [6.07, 6.45) is 10.2. The Morgan fingerprint density at radius 2 is 1.70 bits per heavy atom. The van der Waals surface area contributed by atoms with Crippen LogP contribution in [0.5, 0.6) is 0 Å². The summed E-state index contributed by atoms with van der Waals surface area (Å²) in [7, 11) is 1.44. The molecule has 0 bridgehead atoms. The van der Waals surface area contributed by atoms with Gasteiger partial charge in [0, 0.05) is 0 Å². The minimum Gasteiger partial charge on any atom is -0.106 e.